The highest BCUT2D eigenvalue weighted by molar-refractivity contribution is 5.45. The van der Waals surface area contributed by atoms with Gasteiger partial charge in [0.15, 0.2) is 0 Å². The second-order valence-electron chi connectivity index (χ2n) is 5.88. The first-order valence-electron chi connectivity index (χ1n) is 8.16. The maximum absolute atomic E-state index is 4.66. The topological polar surface area (TPSA) is 28.2 Å². The van der Waals surface area contributed by atoms with Crippen LogP contribution in [0.5, 0.6) is 0 Å². The Morgan fingerprint density at radius 3 is 2.75 bits per heavy atom. The number of aromatic nitrogens is 1. The van der Waals surface area contributed by atoms with Crippen molar-refractivity contribution in [3.63, 3.8) is 0 Å². The summed E-state index contributed by atoms with van der Waals surface area (Å²) < 4.78 is 0. The quantitative estimate of drug-likeness (QED) is 0.886. The van der Waals surface area contributed by atoms with Crippen molar-refractivity contribution in [2.75, 3.05) is 25.0 Å². The molecule has 112 valence electrons. The van der Waals surface area contributed by atoms with Crippen LogP contribution in [0, 0.1) is 5.92 Å². The minimum absolute atomic E-state index is 0.373. The summed E-state index contributed by atoms with van der Waals surface area (Å²) in [5.41, 5.74) is 2.44. The van der Waals surface area contributed by atoms with Crippen LogP contribution in [0.2, 0.25) is 0 Å². The number of hydrogen-bond acceptors (Lipinski definition) is 3. The number of pyridine rings is 1. The molecule has 3 nitrogen and oxygen atoms in total. The van der Waals surface area contributed by atoms with Gasteiger partial charge in [0.05, 0.1) is 17.6 Å². The first-order chi connectivity index (χ1) is 9.78. The molecule has 2 heterocycles. The van der Waals surface area contributed by atoms with E-state index in [2.05, 4.69) is 47.4 Å². The molecule has 2 atom stereocenters. The van der Waals surface area contributed by atoms with Crippen LogP contribution >= 0.6 is 0 Å². The van der Waals surface area contributed by atoms with Gasteiger partial charge in [0.25, 0.3) is 0 Å². The molecule has 1 aromatic heterocycles. The van der Waals surface area contributed by atoms with E-state index in [9.17, 15) is 0 Å². The summed E-state index contributed by atoms with van der Waals surface area (Å²) in [6, 6.07) is 4.80. The second-order valence-corrected chi connectivity index (χ2v) is 5.88. The lowest BCUT2D eigenvalue weighted by atomic mass is 9.98. The van der Waals surface area contributed by atoms with Crippen molar-refractivity contribution < 1.29 is 0 Å². The van der Waals surface area contributed by atoms with E-state index in [0.29, 0.717) is 6.04 Å². The van der Waals surface area contributed by atoms with Gasteiger partial charge in [-0.15, -0.1) is 0 Å². The molecule has 0 aliphatic carbocycles. The molecule has 0 bridgehead atoms. The zero-order valence-electron chi connectivity index (χ0n) is 13.2. The van der Waals surface area contributed by atoms with Crippen molar-refractivity contribution in [2.24, 2.45) is 5.92 Å². The molecule has 1 aromatic rings. The molecule has 2 unspecified atom stereocenters. The van der Waals surface area contributed by atoms with Crippen LogP contribution in [0.1, 0.15) is 57.7 Å². The maximum Gasteiger partial charge on any atom is 0.0574 e. The predicted octanol–water partition coefficient (Wildman–Crippen LogP) is 3.77. The van der Waals surface area contributed by atoms with E-state index in [1.165, 1.54) is 44.5 Å². The number of nitrogens with zero attached hydrogens (tertiary/aromatic N) is 2. The molecular weight excluding hydrogens is 246 g/mol. The fourth-order valence-corrected chi connectivity index (χ4v) is 3.18. The van der Waals surface area contributed by atoms with Gasteiger partial charge in [0, 0.05) is 19.1 Å². The Hall–Kier alpha value is -1.09. The molecule has 0 spiro atoms. The minimum atomic E-state index is 0.373. The lowest BCUT2D eigenvalue weighted by molar-refractivity contribution is 0.459. The maximum atomic E-state index is 4.66. The van der Waals surface area contributed by atoms with Crippen molar-refractivity contribution in [2.45, 2.75) is 52.0 Å². The second kappa shape index (κ2) is 7.63. The Morgan fingerprint density at radius 1 is 1.30 bits per heavy atom. The van der Waals surface area contributed by atoms with Gasteiger partial charge in [-0.05, 0) is 50.8 Å². The van der Waals surface area contributed by atoms with E-state index >= 15 is 0 Å². The Kier molecular flexibility index (Phi) is 5.84. The fourth-order valence-electron chi connectivity index (χ4n) is 3.18. The van der Waals surface area contributed by atoms with Gasteiger partial charge in [-0.2, -0.15) is 0 Å². The highest BCUT2D eigenvalue weighted by atomic mass is 15.1. The Bertz CT molecular complexity index is 384. The molecule has 0 aromatic carbocycles. The van der Waals surface area contributed by atoms with Gasteiger partial charge in [0.1, 0.15) is 0 Å². The highest BCUT2D eigenvalue weighted by Gasteiger charge is 2.16. The Labute approximate surface area is 123 Å². The zero-order chi connectivity index (χ0) is 14.4. The van der Waals surface area contributed by atoms with E-state index in [4.69, 9.17) is 0 Å². The van der Waals surface area contributed by atoms with Gasteiger partial charge in [0.2, 0.25) is 0 Å². The van der Waals surface area contributed by atoms with Crippen molar-refractivity contribution in [1.29, 1.82) is 0 Å². The molecule has 1 fully saturated rings. The van der Waals surface area contributed by atoms with Crippen LogP contribution in [-0.4, -0.2) is 25.1 Å². The number of anilines is 1. The van der Waals surface area contributed by atoms with E-state index in [0.717, 1.165) is 18.0 Å². The van der Waals surface area contributed by atoms with Gasteiger partial charge >= 0.3 is 0 Å². The van der Waals surface area contributed by atoms with Crippen LogP contribution in [-0.2, 0) is 0 Å². The third kappa shape index (κ3) is 3.72. The molecule has 1 aliphatic rings. The van der Waals surface area contributed by atoms with E-state index in [1.807, 2.05) is 7.05 Å². The van der Waals surface area contributed by atoms with Crippen molar-refractivity contribution in [3.8, 4) is 0 Å². The average molecular weight is 275 g/mol. The molecule has 0 saturated carbocycles. The van der Waals surface area contributed by atoms with Crippen molar-refractivity contribution in [3.05, 3.63) is 24.0 Å². The Morgan fingerprint density at radius 2 is 2.15 bits per heavy atom. The molecule has 3 heteroatoms. The summed E-state index contributed by atoms with van der Waals surface area (Å²) in [5, 5.41) is 3.31. The normalized spacial score (nSPS) is 21.6. The average Bonchev–Trinajstić information content (AvgIpc) is 2.74. The van der Waals surface area contributed by atoms with Gasteiger partial charge in [-0.3, -0.25) is 4.98 Å². The lowest BCUT2D eigenvalue weighted by Crippen LogP contribution is -2.24. The summed E-state index contributed by atoms with van der Waals surface area (Å²) in [6.07, 6.45) is 8.48. The number of nitrogens with one attached hydrogen (secondary N) is 1. The molecule has 2 rings (SSSR count). The lowest BCUT2D eigenvalue weighted by Gasteiger charge is -2.23. The number of rotatable bonds is 5. The summed E-state index contributed by atoms with van der Waals surface area (Å²) in [5.74, 6) is 0.918. The minimum Gasteiger partial charge on any atom is -0.370 e. The smallest absolute Gasteiger partial charge is 0.0574 e. The highest BCUT2D eigenvalue weighted by Crippen LogP contribution is 2.25. The van der Waals surface area contributed by atoms with Crippen LogP contribution in [0.15, 0.2) is 18.3 Å². The molecule has 1 aliphatic heterocycles. The van der Waals surface area contributed by atoms with Crippen molar-refractivity contribution in [1.82, 2.24) is 10.3 Å². The van der Waals surface area contributed by atoms with Gasteiger partial charge in [-0.25, -0.2) is 0 Å². The van der Waals surface area contributed by atoms with E-state index < -0.39 is 0 Å². The largest absolute Gasteiger partial charge is 0.370 e. The molecule has 1 saturated heterocycles. The molecule has 0 radical (unpaired) electrons. The van der Waals surface area contributed by atoms with E-state index in [-0.39, 0.29) is 0 Å². The first-order valence-corrected chi connectivity index (χ1v) is 8.16. The SMILES string of the molecule is CCC1CCCN(c2ccc(C(CC)NC)nc2)CC1. The van der Waals surface area contributed by atoms with Crippen LogP contribution in [0.3, 0.4) is 0 Å². The molecular formula is C17H29N3. The summed E-state index contributed by atoms with van der Waals surface area (Å²) in [7, 11) is 2.00. The first kappa shape index (κ1) is 15.3. The third-order valence-electron chi connectivity index (χ3n) is 4.67. The van der Waals surface area contributed by atoms with Crippen LogP contribution in [0.25, 0.3) is 0 Å². The van der Waals surface area contributed by atoms with Crippen molar-refractivity contribution >= 4 is 5.69 Å². The van der Waals surface area contributed by atoms with Gasteiger partial charge < -0.3 is 10.2 Å². The van der Waals surface area contributed by atoms with Crippen LogP contribution in [0.4, 0.5) is 5.69 Å². The number of hydrogen-bond donors (Lipinski definition) is 1. The summed E-state index contributed by atoms with van der Waals surface area (Å²) >= 11 is 0. The standard InChI is InChI=1S/C17H29N3/c1-4-14-7-6-11-20(12-10-14)15-8-9-17(19-13-15)16(5-2)18-3/h8-9,13-14,16,18H,4-7,10-12H2,1-3H3. The van der Waals surface area contributed by atoms with E-state index in [1.54, 1.807) is 0 Å². The predicted molar refractivity (Wildman–Crippen MR) is 86.2 cm³/mol. The zero-order valence-corrected chi connectivity index (χ0v) is 13.2. The monoisotopic (exact) mass is 275 g/mol. The third-order valence-corrected chi connectivity index (χ3v) is 4.67. The molecule has 0 amide bonds. The summed E-state index contributed by atoms with van der Waals surface area (Å²) in [6.45, 7) is 6.87. The van der Waals surface area contributed by atoms with Crippen LogP contribution < -0.4 is 10.2 Å². The van der Waals surface area contributed by atoms with Gasteiger partial charge in [-0.1, -0.05) is 20.3 Å². The molecule has 1 N–H and O–H groups in total. The Balaban J connectivity index is 2.02. The fraction of sp³-hybridized carbons (Fsp3) is 0.706. The summed E-state index contributed by atoms with van der Waals surface area (Å²) in [4.78, 5) is 7.17. The molecule has 20 heavy (non-hydrogen) atoms.